The highest BCUT2D eigenvalue weighted by Gasteiger charge is 2.23. The van der Waals surface area contributed by atoms with Crippen LogP contribution in [0.5, 0.6) is 0 Å². The third-order valence-electron chi connectivity index (χ3n) is 5.36. The average molecular weight is 385 g/mol. The molecule has 1 aromatic rings. The lowest BCUT2D eigenvalue weighted by Crippen LogP contribution is -2.47. The Morgan fingerprint density at radius 2 is 2.04 bits per heavy atom. The number of nitriles is 1. The summed E-state index contributed by atoms with van der Waals surface area (Å²) in [7, 11) is 0. The van der Waals surface area contributed by atoms with Crippen LogP contribution < -0.4 is 5.32 Å². The van der Waals surface area contributed by atoms with E-state index >= 15 is 0 Å². The minimum atomic E-state index is 0.290. The third kappa shape index (κ3) is 6.22. The van der Waals surface area contributed by atoms with Gasteiger partial charge in [-0.25, -0.2) is 4.99 Å². The van der Waals surface area contributed by atoms with E-state index in [0.29, 0.717) is 18.2 Å². The second-order valence-corrected chi connectivity index (χ2v) is 7.49. The van der Waals surface area contributed by atoms with E-state index in [1.807, 2.05) is 24.3 Å². The summed E-state index contributed by atoms with van der Waals surface area (Å²) < 4.78 is 11.9. The van der Waals surface area contributed by atoms with E-state index in [9.17, 15) is 0 Å². The van der Waals surface area contributed by atoms with Crippen LogP contribution >= 0.6 is 0 Å². The van der Waals surface area contributed by atoms with E-state index in [0.717, 1.165) is 63.6 Å². The first-order valence-corrected chi connectivity index (χ1v) is 10.5. The largest absolute Gasteiger partial charge is 0.376 e. The Morgan fingerprint density at radius 3 is 2.68 bits per heavy atom. The fraction of sp³-hybridized carbons (Fsp3) is 0.636. The molecule has 0 aliphatic carbocycles. The van der Waals surface area contributed by atoms with Gasteiger partial charge in [0.1, 0.15) is 0 Å². The number of benzene rings is 1. The molecule has 0 amide bonds. The average Bonchev–Trinajstić information content (AvgIpc) is 2.77. The van der Waals surface area contributed by atoms with Crippen LogP contribution in [0.2, 0.25) is 0 Å². The van der Waals surface area contributed by atoms with Crippen LogP contribution in [0.25, 0.3) is 0 Å². The molecule has 6 heteroatoms. The first-order chi connectivity index (χ1) is 13.8. The van der Waals surface area contributed by atoms with E-state index in [1.54, 1.807) is 0 Å². The minimum absolute atomic E-state index is 0.290. The molecule has 1 N–H and O–H groups in total. The van der Waals surface area contributed by atoms with E-state index < -0.39 is 0 Å². The van der Waals surface area contributed by atoms with Crippen molar-refractivity contribution in [1.82, 2.24) is 10.2 Å². The number of piperidine rings is 1. The molecule has 1 aromatic carbocycles. The molecule has 0 bridgehead atoms. The van der Waals surface area contributed by atoms with Crippen LogP contribution in [0.3, 0.4) is 0 Å². The molecule has 0 radical (unpaired) electrons. The zero-order chi connectivity index (χ0) is 19.6. The Bertz CT molecular complexity index is 654. The predicted molar refractivity (Wildman–Crippen MR) is 110 cm³/mol. The molecule has 28 heavy (non-hydrogen) atoms. The molecule has 6 nitrogen and oxygen atoms in total. The quantitative estimate of drug-likeness (QED) is 0.603. The number of hydrogen-bond acceptors (Lipinski definition) is 4. The van der Waals surface area contributed by atoms with Gasteiger partial charge in [0.05, 0.1) is 37.0 Å². The summed E-state index contributed by atoms with van der Waals surface area (Å²) >= 11 is 0. The van der Waals surface area contributed by atoms with Crippen molar-refractivity contribution in [3.63, 3.8) is 0 Å². The molecule has 1 atom stereocenters. The van der Waals surface area contributed by atoms with Gasteiger partial charge in [-0.2, -0.15) is 5.26 Å². The number of aliphatic imine (C=N–C) groups is 1. The minimum Gasteiger partial charge on any atom is -0.376 e. The van der Waals surface area contributed by atoms with Crippen molar-refractivity contribution >= 4 is 5.96 Å². The first-order valence-electron chi connectivity index (χ1n) is 10.5. The smallest absolute Gasteiger partial charge is 0.194 e. The van der Waals surface area contributed by atoms with Crippen molar-refractivity contribution in [2.45, 2.75) is 57.8 Å². The molecule has 0 saturated carbocycles. The highest BCUT2D eigenvalue weighted by atomic mass is 16.5. The van der Waals surface area contributed by atoms with Gasteiger partial charge in [-0.3, -0.25) is 0 Å². The van der Waals surface area contributed by atoms with Crippen LogP contribution in [0.1, 0.15) is 50.2 Å². The molecule has 1 unspecified atom stereocenters. The number of rotatable bonds is 6. The van der Waals surface area contributed by atoms with Gasteiger partial charge >= 0.3 is 0 Å². The Morgan fingerprint density at radius 1 is 1.25 bits per heavy atom. The molecule has 0 aromatic heterocycles. The van der Waals surface area contributed by atoms with Crippen molar-refractivity contribution in [3.05, 3.63) is 35.4 Å². The third-order valence-corrected chi connectivity index (χ3v) is 5.36. The molecular weight excluding hydrogens is 352 g/mol. The van der Waals surface area contributed by atoms with Gasteiger partial charge in [-0.15, -0.1) is 0 Å². The van der Waals surface area contributed by atoms with Crippen molar-refractivity contribution < 1.29 is 9.47 Å². The summed E-state index contributed by atoms with van der Waals surface area (Å²) in [6.07, 6.45) is 6.23. The Balaban J connectivity index is 1.47. The van der Waals surface area contributed by atoms with Gasteiger partial charge in [0, 0.05) is 26.2 Å². The fourth-order valence-electron chi connectivity index (χ4n) is 3.69. The zero-order valence-electron chi connectivity index (χ0n) is 16.9. The molecule has 0 spiro atoms. The maximum Gasteiger partial charge on any atom is 0.194 e. The van der Waals surface area contributed by atoms with Gasteiger partial charge in [0.25, 0.3) is 0 Å². The monoisotopic (exact) mass is 384 g/mol. The Labute approximate surface area is 168 Å². The Kier molecular flexibility index (Phi) is 8.13. The summed E-state index contributed by atoms with van der Waals surface area (Å²) in [6, 6.07) is 9.78. The van der Waals surface area contributed by atoms with Crippen LogP contribution in [-0.2, 0) is 16.0 Å². The first kappa shape index (κ1) is 20.6. The van der Waals surface area contributed by atoms with Gasteiger partial charge in [0.15, 0.2) is 5.96 Å². The fourth-order valence-corrected chi connectivity index (χ4v) is 3.69. The molecule has 2 saturated heterocycles. The second kappa shape index (κ2) is 11.0. The van der Waals surface area contributed by atoms with Gasteiger partial charge in [-0.05, 0) is 56.7 Å². The summed E-state index contributed by atoms with van der Waals surface area (Å²) in [4.78, 5) is 7.12. The molecular formula is C22H32N4O2. The number of likely N-dealkylation sites (tertiary alicyclic amines) is 1. The molecule has 2 fully saturated rings. The number of hydrogen-bond donors (Lipinski definition) is 1. The van der Waals surface area contributed by atoms with Crippen molar-refractivity contribution in [1.29, 1.82) is 5.26 Å². The van der Waals surface area contributed by atoms with Crippen LogP contribution in [0, 0.1) is 11.3 Å². The Hall–Kier alpha value is -2.10. The molecule has 2 heterocycles. The van der Waals surface area contributed by atoms with Crippen LogP contribution in [0.15, 0.2) is 29.3 Å². The van der Waals surface area contributed by atoms with Crippen LogP contribution in [0.4, 0.5) is 0 Å². The summed E-state index contributed by atoms with van der Waals surface area (Å²) in [6.45, 7) is 7.08. The predicted octanol–water partition coefficient (Wildman–Crippen LogP) is 3.07. The zero-order valence-corrected chi connectivity index (χ0v) is 16.9. The summed E-state index contributed by atoms with van der Waals surface area (Å²) in [5, 5.41) is 12.3. The molecule has 2 aliphatic heterocycles. The van der Waals surface area contributed by atoms with Gasteiger partial charge < -0.3 is 19.7 Å². The number of ether oxygens (including phenoxy) is 2. The lowest BCUT2D eigenvalue weighted by molar-refractivity contribution is -0.0721. The number of nitrogens with zero attached hydrogens (tertiary/aromatic N) is 3. The SMILES string of the molecule is CCNC(=NCc1ccc(C#N)cc1)N1CCC(OCC2CCCCO2)CC1. The van der Waals surface area contributed by atoms with Gasteiger partial charge in [-0.1, -0.05) is 12.1 Å². The van der Waals surface area contributed by atoms with E-state index in [2.05, 4.69) is 23.2 Å². The maximum absolute atomic E-state index is 8.91. The second-order valence-electron chi connectivity index (χ2n) is 7.49. The van der Waals surface area contributed by atoms with E-state index in [4.69, 9.17) is 19.7 Å². The van der Waals surface area contributed by atoms with Crippen molar-refractivity contribution in [2.75, 3.05) is 32.8 Å². The normalized spacial score (nSPS) is 21.4. The van der Waals surface area contributed by atoms with E-state index in [1.165, 1.54) is 12.8 Å². The summed E-state index contributed by atoms with van der Waals surface area (Å²) in [5.74, 6) is 0.959. The van der Waals surface area contributed by atoms with Crippen molar-refractivity contribution in [3.8, 4) is 6.07 Å². The summed E-state index contributed by atoms with van der Waals surface area (Å²) in [5.41, 5.74) is 1.79. The standard InChI is InChI=1S/C22H32N4O2/c1-2-24-22(25-16-19-8-6-18(15-23)7-9-19)26-12-10-20(11-13-26)28-17-21-5-3-4-14-27-21/h6-9,20-21H,2-5,10-14,16-17H2,1H3,(H,24,25). The lowest BCUT2D eigenvalue weighted by atomic mass is 10.1. The van der Waals surface area contributed by atoms with Crippen molar-refractivity contribution in [2.24, 2.45) is 4.99 Å². The number of nitrogens with one attached hydrogen (secondary N) is 1. The van der Waals surface area contributed by atoms with Gasteiger partial charge in [0.2, 0.25) is 0 Å². The molecule has 2 aliphatic rings. The molecule has 3 rings (SSSR count). The maximum atomic E-state index is 8.91. The highest BCUT2D eigenvalue weighted by Crippen LogP contribution is 2.18. The highest BCUT2D eigenvalue weighted by molar-refractivity contribution is 5.80. The van der Waals surface area contributed by atoms with Crippen LogP contribution in [-0.4, -0.2) is 55.9 Å². The lowest BCUT2D eigenvalue weighted by Gasteiger charge is -2.35. The number of guanidine groups is 1. The topological polar surface area (TPSA) is 69.9 Å². The molecule has 152 valence electrons. The van der Waals surface area contributed by atoms with E-state index in [-0.39, 0.29) is 6.10 Å².